The molecule has 0 atom stereocenters. The minimum Gasteiger partial charge on any atom is -0.277 e. The van der Waals surface area contributed by atoms with Crippen LogP contribution in [-0.2, 0) is 9.15 Å². The second kappa shape index (κ2) is 6.16. The first-order chi connectivity index (χ1) is 5.06. The van der Waals surface area contributed by atoms with Gasteiger partial charge in [-0.1, -0.05) is 30.6 Å². The third-order valence-corrected chi connectivity index (χ3v) is 5.41. The summed E-state index contributed by atoms with van der Waals surface area (Å²) in [5.74, 6) is 0.776. The highest BCUT2D eigenvalue weighted by Gasteiger charge is 2.04. The van der Waals surface area contributed by atoms with E-state index in [2.05, 4.69) is 6.92 Å². The lowest BCUT2D eigenvalue weighted by Gasteiger charge is -1.95. The molecular weight excluding hydrogens is 204 g/mol. The minimum absolute atomic E-state index is 0.528. The maximum Gasteiger partial charge on any atom is 0.329 e. The van der Waals surface area contributed by atoms with Crippen LogP contribution in [0.3, 0.4) is 0 Å². The molecule has 0 aliphatic rings. The summed E-state index contributed by atoms with van der Waals surface area (Å²) in [6.07, 6.45) is 3.24. The third-order valence-electron chi connectivity index (χ3n) is 0.965. The zero-order valence-electron chi connectivity index (χ0n) is 6.32. The Balaban J connectivity index is 3.16. The van der Waals surface area contributed by atoms with Crippen LogP contribution in [0.2, 0.25) is 0 Å². The molecule has 0 aliphatic heterocycles. The Hall–Kier alpha value is 0.610. The fourth-order valence-corrected chi connectivity index (χ4v) is 3.65. The van der Waals surface area contributed by atoms with Gasteiger partial charge in [0, 0.05) is 5.75 Å². The van der Waals surface area contributed by atoms with Crippen molar-refractivity contribution in [3.8, 4) is 0 Å². The normalized spacial score (nSPS) is 11.8. The standard InChI is InChI=1S/C5H12O3S3/c1-2-3-4-5-9-10-11(6,7)8/h2-5H2,1H3,(H,6,7,8). The highest BCUT2D eigenvalue weighted by molar-refractivity contribution is 9.05. The van der Waals surface area contributed by atoms with Crippen LogP contribution in [0.4, 0.5) is 0 Å². The summed E-state index contributed by atoms with van der Waals surface area (Å²) in [6.45, 7) is 2.08. The molecule has 0 radical (unpaired) electrons. The first-order valence-electron chi connectivity index (χ1n) is 3.35. The summed E-state index contributed by atoms with van der Waals surface area (Å²) in [7, 11) is -2.12. The molecule has 0 saturated carbocycles. The Morgan fingerprint density at radius 1 is 1.36 bits per heavy atom. The van der Waals surface area contributed by atoms with Gasteiger partial charge in [-0.2, -0.15) is 8.42 Å². The molecule has 0 unspecified atom stereocenters. The second-order valence-electron chi connectivity index (χ2n) is 2.02. The van der Waals surface area contributed by atoms with Gasteiger partial charge in [0.05, 0.1) is 9.83 Å². The van der Waals surface area contributed by atoms with Gasteiger partial charge >= 0.3 is 9.15 Å². The molecule has 68 valence electrons. The van der Waals surface area contributed by atoms with Crippen LogP contribution in [-0.4, -0.2) is 18.7 Å². The fraction of sp³-hybridized carbons (Fsp3) is 1.00. The van der Waals surface area contributed by atoms with Crippen molar-refractivity contribution in [1.29, 1.82) is 0 Å². The molecule has 0 aromatic heterocycles. The minimum atomic E-state index is -3.83. The first kappa shape index (κ1) is 11.6. The molecule has 1 N–H and O–H groups in total. The Labute approximate surface area is 74.9 Å². The summed E-state index contributed by atoms with van der Waals surface area (Å²) in [5.41, 5.74) is 0. The number of hydrogen-bond donors (Lipinski definition) is 1. The highest BCUT2D eigenvalue weighted by atomic mass is 33.5. The number of unbranched alkanes of at least 4 members (excludes halogenated alkanes) is 2. The first-order valence-corrected chi connectivity index (χ1v) is 7.62. The topological polar surface area (TPSA) is 54.4 Å². The molecule has 0 aromatic rings. The zero-order chi connectivity index (χ0) is 8.74. The molecule has 11 heavy (non-hydrogen) atoms. The van der Waals surface area contributed by atoms with Crippen LogP contribution in [0.1, 0.15) is 26.2 Å². The average Bonchev–Trinajstić information content (AvgIpc) is 1.85. The van der Waals surface area contributed by atoms with Gasteiger partial charge in [-0.25, -0.2) is 0 Å². The van der Waals surface area contributed by atoms with Gasteiger partial charge in [-0.15, -0.1) is 0 Å². The molecule has 0 rings (SSSR count). The van der Waals surface area contributed by atoms with E-state index in [0.29, 0.717) is 9.83 Å². The summed E-state index contributed by atoms with van der Waals surface area (Å²) < 4.78 is 28.6. The van der Waals surface area contributed by atoms with Crippen molar-refractivity contribution in [3.05, 3.63) is 0 Å². The summed E-state index contributed by atoms with van der Waals surface area (Å²) in [5, 5.41) is 0. The van der Waals surface area contributed by atoms with Gasteiger partial charge in [0.2, 0.25) is 0 Å². The Morgan fingerprint density at radius 3 is 2.45 bits per heavy atom. The van der Waals surface area contributed by atoms with Gasteiger partial charge in [0.25, 0.3) is 0 Å². The van der Waals surface area contributed by atoms with Crippen LogP contribution in [0.15, 0.2) is 0 Å². The molecule has 3 nitrogen and oxygen atoms in total. The molecule has 0 aromatic carbocycles. The van der Waals surface area contributed by atoms with Crippen molar-refractivity contribution in [2.24, 2.45) is 0 Å². The third kappa shape index (κ3) is 10.6. The molecule has 0 aliphatic carbocycles. The van der Waals surface area contributed by atoms with E-state index in [1.54, 1.807) is 0 Å². The van der Waals surface area contributed by atoms with Crippen molar-refractivity contribution >= 4 is 29.8 Å². The maximum atomic E-state index is 10.2. The maximum absolute atomic E-state index is 10.2. The van der Waals surface area contributed by atoms with Gasteiger partial charge in [-0.05, 0) is 6.42 Å². The van der Waals surface area contributed by atoms with E-state index < -0.39 is 9.15 Å². The van der Waals surface area contributed by atoms with Crippen LogP contribution in [0, 0.1) is 0 Å². The van der Waals surface area contributed by atoms with Crippen molar-refractivity contribution in [1.82, 2.24) is 0 Å². The lowest BCUT2D eigenvalue weighted by Crippen LogP contribution is -1.86. The molecule has 0 bridgehead atoms. The SMILES string of the molecule is CCCCCSSS(=O)(=O)O. The molecule has 0 spiro atoms. The Morgan fingerprint density at radius 2 is 2.00 bits per heavy atom. The molecule has 0 amide bonds. The van der Waals surface area contributed by atoms with Gasteiger partial charge in [0.15, 0.2) is 0 Å². The van der Waals surface area contributed by atoms with Gasteiger partial charge in [-0.3, -0.25) is 4.55 Å². The number of hydrogen-bond acceptors (Lipinski definition) is 4. The van der Waals surface area contributed by atoms with E-state index in [1.165, 1.54) is 10.8 Å². The molecule has 0 heterocycles. The lowest BCUT2D eigenvalue weighted by atomic mass is 10.3. The van der Waals surface area contributed by atoms with E-state index in [0.717, 1.165) is 25.0 Å². The molecule has 6 heteroatoms. The second-order valence-corrected chi connectivity index (χ2v) is 7.26. The van der Waals surface area contributed by atoms with E-state index in [1.807, 2.05) is 0 Å². The summed E-state index contributed by atoms with van der Waals surface area (Å²) >= 11 is 0. The smallest absolute Gasteiger partial charge is 0.277 e. The monoisotopic (exact) mass is 216 g/mol. The molecule has 0 fully saturated rings. The van der Waals surface area contributed by atoms with Crippen molar-refractivity contribution in [3.63, 3.8) is 0 Å². The Bertz CT molecular complexity index is 175. The van der Waals surface area contributed by atoms with Crippen LogP contribution in [0.5, 0.6) is 0 Å². The van der Waals surface area contributed by atoms with E-state index in [4.69, 9.17) is 4.55 Å². The predicted molar refractivity (Wildman–Crippen MR) is 51.1 cm³/mol. The van der Waals surface area contributed by atoms with E-state index in [9.17, 15) is 8.42 Å². The largest absolute Gasteiger partial charge is 0.329 e. The van der Waals surface area contributed by atoms with Gasteiger partial charge < -0.3 is 0 Å². The summed E-state index contributed by atoms with van der Waals surface area (Å²) in [4.78, 5) is 0. The van der Waals surface area contributed by atoms with E-state index in [-0.39, 0.29) is 0 Å². The van der Waals surface area contributed by atoms with Crippen molar-refractivity contribution in [2.45, 2.75) is 26.2 Å². The van der Waals surface area contributed by atoms with E-state index >= 15 is 0 Å². The predicted octanol–water partition coefficient (Wildman–Crippen LogP) is 2.36. The van der Waals surface area contributed by atoms with Crippen LogP contribution >= 0.6 is 20.6 Å². The van der Waals surface area contributed by atoms with Crippen LogP contribution < -0.4 is 0 Å². The quantitative estimate of drug-likeness (QED) is 0.419. The lowest BCUT2D eigenvalue weighted by molar-refractivity contribution is 0.503. The van der Waals surface area contributed by atoms with Crippen molar-refractivity contribution < 1.29 is 13.0 Å². The summed E-state index contributed by atoms with van der Waals surface area (Å²) in [6, 6.07) is 0. The van der Waals surface area contributed by atoms with Crippen molar-refractivity contribution in [2.75, 3.05) is 5.75 Å². The highest BCUT2D eigenvalue weighted by Crippen LogP contribution is 2.27. The number of rotatable bonds is 6. The fourth-order valence-electron chi connectivity index (χ4n) is 0.506. The van der Waals surface area contributed by atoms with Gasteiger partial charge in [0.1, 0.15) is 0 Å². The van der Waals surface area contributed by atoms with Crippen LogP contribution in [0.25, 0.3) is 0 Å². The Kier molecular flexibility index (Phi) is 6.50. The molecular formula is C5H12O3S3. The zero-order valence-corrected chi connectivity index (χ0v) is 8.77. The molecule has 0 saturated heterocycles. The average molecular weight is 216 g/mol.